The van der Waals surface area contributed by atoms with E-state index in [2.05, 4.69) is 10.4 Å². The average Bonchev–Trinajstić information content (AvgIpc) is 3.13. The van der Waals surface area contributed by atoms with Crippen LogP contribution in [0.15, 0.2) is 54.9 Å². The van der Waals surface area contributed by atoms with Crippen molar-refractivity contribution in [2.75, 3.05) is 11.9 Å². The van der Waals surface area contributed by atoms with Crippen LogP contribution in [0.5, 0.6) is 0 Å². The van der Waals surface area contributed by atoms with Crippen molar-refractivity contribution >= 4 is 29.2 Å². The minimum atomic E-state index is -0.609. The van der Waals surface area contributed by atoms with E-state index in [0.29, 0.717) is 11.6 Å². The SMILES string of the molecule is Cc1cccc(C)c1NC(=O)COC(=O)c1cnn(Cc2ccccc2Cl)c1. The summed E-state index contributed by atoms with van der Waals surface area (Å²) in [7, 11) is 0. The Balaban J connectivity index is 1.56. The number of amides is 1. The lowest BCUT2D eigenvalue weighted by Crippen LogP contribution is -2.21. The van der Waals surface area contributed by atoms with Crippen LogP contribution >= 0.6 is 11.6 Å². The summed E-state index contributed by atoms with van der Waals surface area (Å²) in [5, 5.41) is 7.56. The van der Waals surface area contributed by atoms with Crippen LogP contribution < -0.4 is 5.32 Å². The number of nitrogens with zero attached hydrogens (tertiary/aromatic N) is 2. The predicted octanol–water partition coefficient (Wildman–Crippen LogP) is 4.00. The van der Waals surface area contributed by atoms with E-state index in [0.717, 1.165) is 22.4 Å². The van der Waals surface area contributed by atoms with E-state index in [1.807, 2.05) is 50.2 Å². The molecule has 0 radical (unpaired) electrons. The van der Waals surface area contributed by atoms with Crippen LogP contribution in [0.25, 0.3) is 0 Å². The molecule has 2 aromatic carbocycles. The number of hydrogen-bond donors (Lipinski definition) is 1. The summed E-state index contributed by atoms with van der Waals surface area (Å²) < 4.78 is 6.69. The minimum absolute atomic E-state index is 0.270. The van der Waals surface area contributed by atoms with Crippen LogP contribution in [0.1, 0.15) is 27.0 Å². The molecule has 1 heterocycles. The monoisotopic (exact) mass is 397 g/mol. The van der Waals surface area contributed by atoms with Crippen molar-refractivity contribution in [3.05, 3.63) is 82.1 Å². The second kappa shape index (κ2) is 8.71. The van der Waals surface area contributed by atoms with Crippen LogP contribution in [0, 0.1) is 13.8 Å². The molecule has 0 atom stereocenters. The summed E-state index contributed by atoms with van der Waals surface area (Å²) in [6, 6.07) is 13.1. The Hall–Kier alpha value is -3.12. The number of carbonyl (C=O) groups is 2. The van der Waals surface area contributed by atoms with Gasteiger partial charge < -0.3 is 10.1 Å². The molecular formula is C21H20ClN3O3. The molecule has 0 fully saturated rings. The van der Waals surface area contributed by atoms with Gasteiger partial charge in [0.05, 0.1) is 18.3 Å². The fourth-order valence-electron chi connectivity index (χ4n) is 2.76. The van der Waals surface area contributed by atoms with Crippen LogP contribution in [0.4, 0.5) is 5.69 Å². The molecule has 1 aromatic heterocycles. The van der Waals surface area contributed by atoms with Gasteiger partial charge in [0.25, 0.3) is 5.91 Å². The standard InChI is InChI=1S/C21H20ClN3O3/c1-14-6-5-7-15(2)20(14)24-19(26)13-28-21(27)17-10-23-25(12-17)11-16-8-3-4-9-18(16)22/h3-10,12H,11,13H2,1-2H3,(H,24,26). The fourth-order valence-corrected chi connectivity index (χ4v) is 2.95. The average molecular weight is 398 g/mol. The van der Waals surface area contributed by atoms with Gasteiger partial charge in [0.2, 0.25) is 0 Å². The molecule has 0 aliphatic carbocycles. The zero-order valence-electron chi connectivity index (χ0n) is 15.6. The van der Waals surface area contributed by atoms with Crippen molar-refractivity contribution in [2.45, 2.75) is 20.4 Å². The van der Waals surface area contributed by atoms with E-state index in [9.17, 15) is 9.59 Å². The van der Waals surface area contributed by atoms with Gasteiger partial charge in [-0.2, -0.15) is 5.10 Å². The van der Waals surface area contributed by atoms with E-state index in [1.165, 1.54) is 6.20 Å². The van der Waals surface area contributed by atoms with Gasteiger partial charge in [-0.15, -0.1) is 0 Å². The molecule has 0 saturated heterocycles. The number of carbonyl (C=O) groups excluding carboxylic acids is 2. The van der Waals surface area contributed by atoms with E-state index in [1.54, 1.807) is 16.9 Å². The summed E-state index contributed by atoms with van der Waals surface area (Å²) in [6.07, 6.45) is 2.97. The first kappa shape index (κ1) is 19.6. The largest absolute Gasteiger partial charge is 0.452 e. The number of aromatic nitrogens is 2. The van der Waals surface area contributed by atoms with Crippen molar-refractivity contribution in [2.24, 2.45) is 0 Å². The van der Waals surface area contributed by atoms with Gasteiger partial charge in [0, 0.05) is 16.9 Å². The van der Waals surface area contributed by atoms with Crippen LogP contribution in [0.3, 0.4) is 0 Å². The van der Waals surface area contributed by atoms with Gasteiger partial charge in [-0.1, -0.05) is 48.0 Å². The Morgan fingerprint density at radius 3 is 2.54 bits per heavy atom. The molecule has 3 rings (SSSR count). The van der Waals surface area contributed by atoms with Gasteiger partial charge in [-0.25, -0.2) is 4.79 Å². The van der Waals surface area contributed by atoms with Crippen LogP contribution in [-0.4, -0.2) is 28.3 Å². The van der Waals surface area contributed by atoms with E-state index < -0.39 is 11.9 Å². The second-order valence-corrected chi connectivity index (χ2v) is 6.82. The first-order valence-electron chi connectivity index (χ1n) is 8.73. The number of anilines is 1. The molecule has 0 bridgehead atoms. The normalized spacial score (nSPS) is 10.5. The number of esters is 1. The van der Waals surface area contributed by atoms with Gasteiger partial charge >= 0.3 is 5.97 Å². The topological polar surface area (TPSA) is 73.2 Å². The van der Waals surface area contributed by atoms with Gasteiger partial charge in [0.15, 0.2) is 6.61 Å². The zero-order chi connectivity index (χ0) is 20.1. The molecular weight excluding hydrogens is 378 g/mol. The fraction of sp³-hybridized carbons (Fsp3) is 0.190. The van der Waals surface area contributed by atoms with Gasteiger partial charge in [0.1, 0.15) is 0 Å². The van der Waals surface area contributed by atoms with Crippen molar-refractivity contribution in [3.8, 4) is 0 Å². The first-order valence-corrected chi connectivity index (χ1v) is 9.11. The lowest BCUT2D eigenvalue weighted by Gasteiger charge is -2.11. The number of benzene rings is 2. The van der Waals surface area contributed by atoms with E-state index in [4.69, 9.17) is 16.3 Å². The Kier molecular flexibility index (Phi) is 6.11. The number of nitrogens with one attached hydrogen (secondary N) is 1. The van der Waals surface area contributed by atoms with Gasteiger partial charge in [-0.3, -0.25) is 9.48 Å². The number of aryl methyl sites for hydroxylation is 2. The lowest BCUT2D eigenvalue weighted by molar-refractivity contribution is -0.119. The van der Waals surface area contributed by atoms with Crippen molar-refractivity contribution in [1.82, 2.24) is 9.78 Å². The van der Waals surface area contributed by atoms with Crippen LogP contribution in [0.2, 0.25) is 5.02 Å². The highest BCUT2D eigenvalue weighted by Gasteiger charge is 2.14. The molecule has 1 amide bonds. The maximum atomic E-state index is 12.2. The second-order valence-electron chi connectivity index (χ2n) is 6.41. The minimum Gasteiger partial charge on any atom is -0.452 e. The summed E-state index contributed by atoms with van der Waals surface area (Å²) in [5.41, 5.74) is 3.78. The third-order valence-corrected chi connectivity index (χ3v) is 4.61. The summed E-state index contributed by atoms with van der Waals surface area (Å²) >= 11 is 6.14. The number of hydrogen-bond acceptors (Lipinski definition) is 4. The molecule has 1 N–H and O–H groups in total. The van der Waals surface area contributed by atoms with Crippen LogP contribution in [-0.2, 0) is 16.1 Å². The molecule has 0 aliphatic rings. The maximum absolute atomic E-state index is 12.2. The Bertz CT molecular complexity index is 993. The molecule has 28 heavy (non-hydrogen) atoms. The Morgan fingerprint density at radius 2 is 1.82 bits per heavy atom. The quantitative estimate of drug-likeness (QED) is 0.638. The first-order chi connectivity index (χ1) is 13.4. The Labute approximate surface area is 168 Å². The highest BCUT2D eigenvalue weighted by molar-refractivity contribution is 6.31. The summed E-state index contributed by atoms with van der Waals surface area (Å²) in [5.74, 6) is -1.00. The molecule has 3 aromatic rings. The highest BCUT2D eigenvalue weighted by Crippen LogP contribution is 2.19. The third-order valence-electron chi connectivity index (χ3n) is 4.24. The number of ether oxygens (including phenoxy) is 1. The maximum Gasteiger partial charge on any atom is 0.341 e. The highest BCUT2D eigenvalue weighted by atomic mass is 35.5. The molecule has 144 valence electrons. The predicted molar refractivity (Wildman–Crippen MR) is 108 cm³/mol. The third kappa shape index (κ3) is 4.78. The van der Waals surface area contributed by atoms with Crippen molar-refractivity contribution in [1.29, 1.82) is 0 Å². The summed E-state index contributed by atoms with van der Waals surface area (Å²) in [6.45, 7) is 3.87. The summed E-state index contributed by atoms with van der Waals surface area (Å²) in [4.78, 5) is 24.3. The molecule has 0 saturated carbocycles. The molecule has 0 spiro atoms. The zero-order valence-corrected chi connectivity index (χ0v) is 16.4. The van der Waals surface area contributed by atoms with Gasteiger partial charge in [-0.05, 0) is 36.6 Å². The molecule has 7 heteroatoms. The number of halogens is 1. The van der Waals surface area contributed by atoms with E-state index in [-0.39, 0.29) is 12.2 Å². The van der Waals surface area contributed by atoms with Crippen molar-refractivity contribution < 1.29 is 14.3 Å². The number of para-hydroxylation sites is 1. The van der Waals surface area contributed by atoms with Crippen molar-refractivity contribution in [3.63, 3.8) is 0 Å². The number of rotatable bonds is 6. The molecule has 6 nitrogen and oxygen atoms in total. The van der Waals surface area contributed by atoms with E-state index >= 15 is 0 Å². The lowest BCUT2D eigenvalue weighted by atomic mass is 10.1. The molecule has 0 unspecified atom stereocenters. The Morgan fingerprint density at radius 1 is 1.11 bits per heavy atom. The molecule has 0 aliphatic heterocycles. The smallest absolute Gasteiger partial charge is 0.341 e.